The second-order valence-corrected chi connectivity index (χ2v) is 7.31. The number of nitrogens with zero attached hydrogens (tertiary/aromatic N) is 3. The first kappa shape index (κ1) is 15.6. The van der Waals surface area contributed by atoms with Crippen molar-refractivity contribution in [3.05, 3.63) is 17.8 Å². The summed E-state index contributed by atoms with van der Waals surface area (Å²) in [5.74, 6) is 0.751. The second kappa shape index (κ2) is 6.90. The number of carbonyl (C=O) groups excluding carboxylic acids is 1. The first-order chi connectivity index (χ1) is 11.8. The molecule has 7 nitrogen and oxygen atoms in total. The van der Waals surface area contributed by atoms with E-state index in [2.05, 4.69) is 20.5 Å². The minimum absolute atomic E-state index is 0.103. The molecule has 0 aromatic carbocycles. The fraction of sp³-hybridized carbons (Fsp3) is 0.562. The first-order valence-corrected chi connectivity index (χ1v) is 9.28. The number of likely N-dealkylation sites (tertiary alicyclic amines) is 1. The fourth-order valence-corrected chi connectivity index (χ4v) is 3.55. The molecule has 2 N–H and O–H groups in total. The third-order valence-electron chi connectivity index (χ3n) is 4.46. The Balaban J connectivity index is 1.36. The van der Waals surface area contributed by atoms with Gasteiger partial charge in [-0.1, -0.05) is 0 Å². The standard InChI is InChI=1S/C16H21N5O2S/c22-16(19-13-8-18-20-14(13)15-17-5-7-24-15)21-6-1-2-12(9-21)23-10-11-3-4-11/h5,7-8,11-12H,1-4,6,9-10H2,(H,18,20)(H,19,22)/t12-/m1/s1. The number of urea groups is 1. The van der Waals surface area contributed by atoms with Crippen LogP contribution >= 0.6 is 11.3 Å². The molecule has 2 fully saturated rings. The highest BCUT2D eigenvalue weighted by Crippen LogP contribution is 2.30. The van der Waals surface area contributed by atoms with Gasteiger partial charge < -0.3 is 15.0 Å². The van der Waals surface area contributed by atoms with E-state index >= 15 is 0 Å². The number of amides is 2. The van der Waals surface area contributed by atoms with Crippen LogP contribution in [-0.4, -0.2) is 51.9 Å². The van der Waals surface area contributed by atoms with E-state index in [1.54, 1.807) is 12.4 Å². The molecule has 1 saturated heterocycles. The number of rotatable bonds is 5. The highest BCUT2D eigenvalue weighted by Gasteiger charge is 2.28. The van der Waals surface area contributed by atoms with Crippen molar-refractivity contribution in [1.29, 1.82) is 0 Å². The molecule has 1 aliphatic carbocycles. The van der Waals surface area contributed by atoms with Crippen molar-refractivity contribution in [3.8, 4) is 10.7 Å². The molecule has 2 amide bonds. The Morgan fingerprint density at radius 3 is 3.17 bits per heavy atom. The van der Waals surface area contributed by atoms with Crippen LogP contribution in [0.4, 0.5) is 10.5 Å². The Labute approximate surface area is 144 Å². The van der Waals surface area contributed by atoms with E-state index in [4.69, 9.17) is 4.74 Å². The monoisotopic (exact) mass is 347 g/mol. The van der Waals surface area contributed by atoms with E-state index in [9.17, 15) is 4.79 Å². The molecule has 0 radical (unpaired) electrons. The third-order valence-corrected chi connectivity index (χ3v) is 5.25. The molecule has 1 aliphatic heterocycles. The van der Waals surface area contributed by atoms with Crippen LogP contribution in [0.25, 0.3) is 10.7 Å². The quantitative estimate of drug-likeness (QED) is 0.871. The van der Waals surface area contributed by atoms with E-state index < -0.39 is 0 Å². The number of piperidine rings is 1. The van der Waals surface area contributed by atoms with Crippen LogP contribution < -0.4 is 5.32 Å². The van der Waals surface area contributed by atoms with Gasteiger partial charge in [0.1, 0.15) is 10.7 Å². The van der Waals surface area contributed by atoms with Gasteiger partial charge in [-0.05, 0) is 31.6 Å². The van der Waals surface area contributed by atoms with Crippen molar-refractivity contribution in [3.63, 3.8) is 0 Å². The topological polar surface area (TPSA) is 83.1 Å². The minimum atomic E-state index is -0.103. The lowest BCUT2D eigenvalue weighted by atomic mass is 10.1. The van der Waals surface area contributed by atoms with E-state index in [0.29, 0.717) is 12.2 Å². The predicted molar refractivity (Wildman–Crippen MR) is 92.0 cm³/mol. The van der Waals surface area contributed by atoms with Crippen molar-refractivity contribution in [2.75, 3.05) is 25.0 Å². The number of H-pyrrole nitrogens is 1. The average Bonchev–Trinajstić information content (AvgIpc) is 3.07. The molecule has 1 atom stereocenters. The highest BCUT2D eigenvalue weighted by atomic mass is 32.1. The fourth-order valence-electron chi connectivity index (χ4n) is 2.90. The SMILES string of the molecule is O=C(Nc1cn[nH]c1-c1nccs1)N1CCC[C@@H](OCC2CC2)C1. The van der Waals surface area contributed by atoms with Crippen molar-refractivity contribution >= 4 is 23.1 Å². The predicted octanol–water partition coefficient (Wildman–Crippen LogP) is 2.96. The van der Waals surface area contributed by atoms with Crippen LogP contribution in [0.2, 0.25) is 0 Å². The van der Waals surface area contributed by atoms with Gasteiger partial charge in [-0.2, -0.15) is 5.10 Å². The number of carbonyl (C=O) groups is 1. The maximum absolute atomic E-state index is 12.6. The number of aromatic amines is 1. The maximum atomic E-state index is 12.6. The summed E-state index contributed by atoms with van der Waals surface area (Å²) in [7, 11) is 0. The van der Waals surface area contributed by atoms with E-state index in [0.717, 1.165) is 42.6 Å². The summed E-state index contributed by atoms with van der Waals surface area (Å²) in [5.41, 5.74) is 1.41. The Bertz CT molecular complexity index is 682. The number of hydrogen-bond donors (Lipinski definition) is 2. The third kappa shape index (κ3) is 3.59. The van der Waals surface area contributed by atoms with Gasteiger partial charge in [-0.25, -0.2) is 9.78 Å². The van der Waals surface area contributed by atoms with E-state index in [1.807, 2.05) is 10.3 Å². The van der Waals surface area contributed by atoms with Crippen LogP contribution in [0, 0.1) is 5.92 Å². The van der Waals surface area contributed by atoms with Gasteiger partial charge >= 0.3 is 6.03 Å². The van der Waals surface area contributed by atoms with Crippen molar-refractivity contribution in [1.82, 2.24) is 20.1 Å². The second-order valence-electron chi connectivity index (χ2n) is 6.41. The minimum Gasteiger partial charge on any atom is -0.376 e. The van der Waals surface area contributed by atoms with Crippen LogP contribution in [0.3, 0.4) is 0 Å². The lowest BCUT2D eigenvalue weighted by Gasteiger charge is -2.32. The number of hydrogen-bond acceptors (Lipinski definition) is 5. The van der Waals surface area contributed by atoms with Gasteiger partial charge in [0.25, 0.3) is 0 Å². The van der Waals surface area contributed by atoms with Crippen LogP contribution in [0.1, 0.15) is 25.7 Å². The molecule has 24 heavy (non-hydrogen) atoms. The van der Waals surface area contributed by atoms with Crippen LogP contribution in [-0.2, 0) is 4.74 Å². The summed E-state index contributed by atoms with van der Waals surface area (Å²) in [6.45, 7) is 2.26. The zero-order valence-corrected chi connectivity index (χ0v) is 14.2. The molecule has 0 spiro atoms. The summed E-state index contributed by atoms with van der Waals surface area (Å²) < 4.78 is 5.96. The van der Waals surface area contributed by atoms with Gasteiger partial charge in [-0.15, -0.1) is 11.3 Å². The molecular formula is C16H21N5O2S. The zero-order chi connectivity index (χ0) is 16.4. The number of aromatic nitrogens is 3. The molecule has 2 aliphatic rings. The van der Waals surface area contributed by atoms with Crippen molar-refractivity contribution in [2.45, 2.75) is 31.8 Å². The number of ether oxygens (including phenoxy) is 1. The molecular weight excluding hydrogens is 326 g/mol. The van der Waals surface area contributed by atoms with Crippen LogP contribution in [0.15, 0.2) is 17.8 Å². The smallest absolute Gasteiger partial charge is 0.322 e. The van der Waals surface area contributed by atoms with Gasteiger partial charge in [-0.3, -0.25) is 5.10 Å². The van der Waals surface area contributed by atoms with Gasteiger partial charge in [0.15, 0.2) is 0 Å². The van der Waals surface area contributed by atoms with Crippen LogP contribution in [0.5, 0.6) is 0 Å². The van der Waals surface area contributed by atoms with Crippen molar-refractivity contribution < 1.29 is 9.53 Å². The lowest BCUT2D eigenvalue weighted by molar-refractivity contribution is 0.00597. The number of nitrogens with one attached hydrogen (secondary N) is 2. The van der Waals surface area contributed by atoms with Gasteiger partial charge in [0.2, 0.25) is 0 Å². The van der Waals surface area contributed by atoms with E-state index in [-0.39, 0.29) is 12.1 Å². The Morgan fingerprint density at radius 2 is 2.38 bits per heavy atom. The summed E-state index contributed by atoms with van der Waals surface area (Å²) in [6.07, 6.45) is 8.11. The highest BCUT2D eigenvalue weighted by molar-refractivity contribution is 7.13. The Kier molecular flexibility index (Phi) is 4.48. The van der Waals surface area contributed by atoms with Crippen molar-refractivity contribution in [2.24, 2.45) is 5.92 Å². The molecule has 0 unspecified atom stereocenters. The summed E-state index contributed by atoms with van der Waals surface area (Å²) >= 11 is 1.51. The Hall–Kier alpha value is -1.93. The first-order valence-electron chi connectivity index (χ1n) is 8.40. The van der Waals surface area contributed by atoms with Gasteiger partial charge in [0, 0.05) is 31.3 Å². The molecule has 1 saturated carbocycles. The molecule has 2 aromatic rings. The molecule has 0 bridgehead atoms. The maximum Gasteiger partial charge on any atom is 0.322 e. The zero-order valence-electron chi connectivity index (χ0n) is 13.4. The summed E-state index contributed by atoms with van der Waals surface area (Å²) in [6, 6.07) is -0.103. The molecule has 8 heteroatoms. The molecule has 3 heterocycles. The molecule has 2 aromatic heterocycles. The average molecular weight is 347 g/mol. The molecule has 128 valence electrons. The lowest BCUT2D eigenvalue weighted by Crippen LogP contribution is -2.45. The largest absolute Gasteiger partial charge is 0.376 e. The van der Waals surface area contributed by atoms with E-state index in [1.165, 1.54) is 24.2 Å². The number of anilines is 1. The number of thiazole rings is 1. The molecule has 4 rings (SSSR count). The Morgan fingerprint density at radius 1 is 1.46 bits per heavy atom. The van der Waals surface area contributed by atoms with Gasteiger partial charge in [0.05, 0.1) is 18.0 Å². The summed E-state index contributed by atoms with van der Waals surface area (Å²) in [4.78, 5) is 18.7. The normalized spacial score (nSPS) is 21.0. The summed E-state index contributed by atoms with van der Waals surface area (Å²) in [5, 5.41) is 12.6.